The van der Waals surface area contributed by atoms with E-state index in [2.05, 4.69) is 32.1 Å². The van der Waals surface area contributed by atoms with Gasteiger partial charge in [0, 0.05) is 47.1 Å². The van der Waals surface area contributed by atoms with Crippen molar-refractivity contribution in [1.82, 2.24) is 4.31 Å². The number of nitrogens with zero attached hydrogens (tertiary/aromatic N) is 1. The highest BCUT2D eigenvalue weighted by atomic mass is 32.2. The van der Waals surface area contributed by atoms with Crippen LogP contribution in [0.1, 0.15) is 82.0 Å². The SMILES string of the molecule is C[C@]12CC[C@H]3[C@]4(C=C[C@@]5(C=C4C(=O)c4ccccc4)CC(O)CC[C@]35C)[C@@H]1CC[C@@]2(O)CN(C[C@H]1CCCO1)S(C)(=O)=O. The molecule has 2 N–H and O–H groups in total. The Balaban J connectivity index is 1.32. The lowest BCUT2D eigenvalue weighted by atomic mass is 9.32. The molecule has 3 saturated carbocycles. The summed E-state index contributed by atoms with van der Waals surface area (Å²) in [7, 11) is -3.58. The number of sulfonamides is 1. The summed E-state index contributed by atoms with van der Waals surface area (Å²) < 4.78 is 33.4. The molecule has 0 radical (unpaired) electrons. The molecule has 1 aliphatic heterocycles. The highest BCUT2D eigenvalue weighted by molar-refractivity contribution is 7.88. The van der Waals surface area contributed by atoms with Crippen LogP contribution in [0.4, 0.5) is 0 Å². The first-order chi connectivity index (χ1) is 20.3. The first kappa shape index (κ1) is 29.8. The predicted octanol–water partition coefficient (Wildman–Crippen LogP) is 4.90. The number of ketones is 1. The van der Waals surface area contributed by atoms with Crippen LogP contribution in [0.3, 0.4) is 0 Å². The van der Waals surface area contributed by atoms with Crippen molar-refractivity contribution in [3.05, 3.63) is 59.7 Å². The van der Waals surface area contributed by atoms with Gasteiger partial charge in [-0.3, -0.25) is 4.79 Å². The van der Waals surface area contributed by atoms with E-state index < -0.39 is 32.6 Å². The average Bonchev–Trinajstić information content (AvgIpc) is 3.58. The summed E-state index contributed by atoms with van der Waals surface area (Å²) in [6.07, 6.45) is 14.4. The van der Waals surface area contributed by atoms with Gasteiger partial charge >= 0.3 is 0 Å². The minimum Gasteiger partial charge on any atom is -0.393 e. The normalized spacial score (nSPS) is 45.0. The molecule has 234 valence electrons. The molecule has 2 bridgehead atoms. The summed E-state index contributed by atoms with van der Waals surface area (Å²) >= 11 is 0. The standard InChI is InChI=1S/C35H47NO6S/c1-31-14-11-25(37)20-33(31)17-18-35(27(21-33)30(38)24-8-5-4-6-9-24)28(31)12-15-32(2)29(35)13-16-34(32,39)23-36(43(3,40)41)22-26-10-7-19-42-26/h4-6,8-9,17-18,21,25-26,28-29,37,39H,7,10-16,19-20,22-23H2,1-3H3/t25?,26-,28-,29-,31-,32+,33+,34-,35-/m1/s1. The largest absolute Gasteiger partial charge is 0.393 e. The first-order valence-electron chi connectivity index (χ1n) is 16.3. The van der Waals surface area contributed by atoms with E-state index >= 15 is 0 Å². The predicted molar refractivity (Wildman–Crippen MR) is 165 cm³/mol. The number of ether oxygens (including phenoxy) is 1. The van der Waals surface area contributed by atoms with Gasteiger partial charge in [0.25, 0.3) is 0 Å². The van der Waals surface area contributed by atoms with Crippen LogP contribution in [0, 0.1) is 33.5 Å². The van der Waals surface area contributed by atoms with Gasteiger partial charge in [-0.05, 0) is 75.0 Å². The Hall–Kier alpha value is -1.84. The molecule has 0 amide bonds. The van der Waals surface area contributed by atoms with E-state index in [0.717, 1.165) is 50.5 Å². The molecule has 2 spiro atoms. The molecular weight excluding hydrogens is 562 g/mol. The molecule has 8 rings (SSSR count). The van der Waals surface area contributed by atoms with Crippen LogP contribution < -0.4 is 0 Å². The van der Waals surface area contributed by atoms with Crippen LogP contribution in [-0.4, -0.2) is 72.5 Å². The molecule has 9 atom stereocenters. The summed E-state index contributed by atoms with van der Waals surface area (Å²) in [4.78, 5) is 14.5. The van der Waals surface area contributed by atoms with Crippen LogP contribution >= 0.6 is 0 Å². The number of carbonyl (C=O) groups excluding carboxylic acids is 1. The molecule has 8 heteroatoms. The maximum atomic E-state index is 14.5. The molecule has 0 aromatic heterocycles. The van der Waals surface area contributed by atoms with E-state index in [1.165, 1.54) is 10.6 Å². The molecule has 7 aliphatic rings. The lowest BCUT2D eigenvalue weighted by Gasteiger charge is -2.71. The number of benzene rings is 1. The fraction of sp³-hybridized carbons (Fsp3) is 0.686. The average molecular weight is 610 g/mol. The maximum absolute atomic E-state index is 14.5. The lowest BCUT2D eigenvalue weighted by molar-refractivity contribution is -0.174. The Morgan fingerprint density at radius 3 is 2.40 bits per heavy atom. The molecule has 4 fully saturated rings. The molecule has 1 unspecified atom stereocenters. The first-order valence-corrected chi connectivity index (χ1v) is 18.1. The lowest BCUT2D eigenvalue weighted by Crippen LogP contribution is -2.67. The van der Waals surface area contributed by atoms with Crippen molar-refractivity contribution in [2.45, 2.75) is 89.4 Å². The highest BCUT2D eigenvalue weighted by Crippen LogP contribution is 2.78. The second kappa shape index (κ2) is 9.83. The van der Waals surface area contributed by atoms with Gasteiger partial charge in [0.1, 0.15) is 0 Å². The smallest absolute Gasteiger partial charge is 0.211 e. The quantitative estimate of drug-likeness (QED) is 0.337. The minimum absolute atomic E-state index is 0.0231. The summed E-state index contributed by atoms with van der Waals surface area (Å²) in [5, 5.41) is 23.5. The van der Waals surface area contributed by atoms with Crippen LogP contribution in [0.2, 0.25) is 0 Å². The van der Waals surface area contributed by atoms with Crippen molar-refractivity contribution in [2.24, 2.45) is 33.5 Å². The zero-order valence-electron chi connectivity index (χ0n) is 25.8. The molecular formula is C35H47NO6S. The van der Waals surface area contributed by atoms with E-state index in [0.29, 0.717) is 25.0 Å². The molecule has 43 heavy (non-hydrogen) atoms. The molecule has 1 saturated heterocycles. The Bertz CT molecular complexity index is 1470. The third-order valence-electron chi connectivity index (χ3n) is 13.3. The Morgan fingerprint density at radius 1 is 1.00 bits per heavy atom. The van der Waals surface area contributed by atoms with Gasteiger partial charge in [-0.1, -0.05) is 62.4 Å². The van der Waals surface area contributed by atoms with Gasteiger partial charge in [0.2, 0.25) is 10.0 Å². The second-order valence-corrected chi connectivity index (χ2v) is 17.2. The number of fused-ring (bicyclic) bond motifs is 1. The number of aliphatic hydroxyl groups excluding tert-OH is 1. The number of hydrogen-bond acceptors (Lipinski definition) is 6. The monoisotopic (exact) mass is 609 g/mol. The fourth-order valence-corrected chi connectivity index (χ4v) is 11.9. The number of carbonyl (C=O) groups is 1. The van der Waals surface area contributed by atoms with Gasteiger partial charge in [-0.25, -0.2) is 8.42 Å². The van der Waals surface area contributed by atoms with E-state index in [4.69, 9.17) is 4.74 Å². The van der Waals surface area contributed by atoms with Crippen molar-refractivity contribution >= 4 is 15.8 Å². The summed E-state index contributed by atoms with van der Waals surface area (Å²) in [5.74, 6) is 0.209. The molecule has 1 heterocycles. The van der Waals surface area contributed by atoms with E-state index in [1.54, 1.807) is 0 Å². The van der Waals surface area contributed by atoms with Gasteiger partial charge in [0.15, 0.2) is 5.78 Å². The Kier molecular flexibility index (Phi) is 6.82. The van der Waals surface area contributed by atoms with Crippen LogP contribution in [0.5, 0.6) is 0 Å². The van der Waals surface area contributed by atoms with Crippen molar-refractivity contribution in [3.8, 4) is 0 Å². The van der Waals surface area contributed by atoms with Crippen molar-refractivity contribution in [2.75, 3.05) is 26.0 Å². The number of allylic oxidation sites excluding steroid dienone is 4. The number of Topliss-reactive ketones (excluding diaryl/α,β-unsaturated/α-hetero) is 1. The fourth-order valence-electron chi connectivity index (χ4n) is 11.0. The number of rotatable bonds is 7. The molecule has 1 aromatic carbocycles. The molecule has 6 aliphatic carbocycles. The van der Waals surface area contributed by atoms with Crippen LogP contribution in [-0.2, 0) is 14.8 Å². The molecule has 1 aromatic rings. The Labute approximate surface area is 256 Å². The zero-order valence-corrected chi connectivity index (χ0v) is 26.6. The Morgan fingerprint density at radius 2 is 1.70 bits per heavy atom. The van der Waals surface area contributed by atoms with Gasteiger partial charge in [-0.2, -0.15) is 4.31 Å². The van der Waals surface area contributed by atoms with Gasteiger partial charge in [0.05, 0.1) is 24.1 Å². The van der Waals surface area contributed by atoms with E-state index in [-0.39, 0.29) is 47.6 Å². The number of hydrogen-bond donors (Lipinski definition) is 2. The van der Waals surface area contributed by atoms with Gasteiger partial charge in [-0.15, -0.1) is 0 Å². The van der Waals surface area contributed by atoms with Crippen molar-refractivity contribution < 1.29 is 28.2 Å². The second-order valence-electron chi connectivity index (χ2n) is 15.2. The van der Waals surface area contributed by atoms with Crippen molar-refractivity contribution in [1.29, 1.82) is 0 Å². The van der Waals surface area contributed by atoms with E-state index in [9.17, 15) is 23.4 Å². The van der Waals surface area contributed by atoms with Crippen molar-refractivity contribution in [3.63, 3.8) is 0 Å². The third-order valence-corrected chi connectivity index (χ3v) is 14.5. The minimum atomic E-state index is -3.58. The zero-order chi connectivity index (χ0) is 30.5. The number of aliphatic hydroxyl groups is 2. The highest BCUT2D eigenvalue weighted by Gasteiger charge is 2.74. The van der Waals surface area contributed by atoms with Gasteiger partial charge < -0.3 is 14.9 Å². The van der Waals surface area contributed by atoms with Crippen LogP contribution in [0.15, 0.2) is 54.1 Å². The van der Waals surface area contributed by atoms with Crippen LogP contribution in [0.25, 0.3) is 0 Å². The maximum Gasteiger partial charge on any atom is 0.211 e. The topological polar surface area (TPSA) is 104 Å². The third kappa shape index (κ3) is 4.12. The summed E-state index contributed by atoms with van der Waals surface area (Å²) in [6.45, 7) is 5.48. The molecule has 7 nitrogen and oxygen atoms in total. The summed E-state index contributed by atoms with van der Waals surface area (Å²) in [5.41, 5.74) is -1.40. The summed E-state index contributed by atoms with van der Waals surface area (Å²) in [6, 6.07) is 9.50. The van der Waals surface area contributed by atoms with E-state index in [1.807, 2.05) is 30.3 Å².